The highest BCUT2D eigenvalue weighted by atomic mass is 28.4. The number of carbonyl (C=O) groups excluding carboxylic acids is 1. The van der Waals surface area contributed by atoms with E-state index in [0.29, 0.717) is 19.0 Å². The molecule has 0 amide bonds. The van der Waals surface area contributed by atoms with Crippen molar-refractivity contribution >= 4 is 14.3 Å². The van der Waals surface area contributed by atoms with E-state index >= 15 is 0 Å². The highest BCUT2D eigenvalue weighted by Gasteiger charge is 2.43. The van der Waals surface area contributed by atoms with Crippen molar-refractivity contribution in [1.82, 2.24) is 15.0 Å². The molecule has 2 aromatic rings. The third-order valence-corrected chi connectivity index (χ3v) is 11.2. The molecule has 7 nitrogen and oxygen atoms in total. The topological polar surface area (TPSA) is 77.7 Å². The zero-order valence-electron chi connectivity index (χ0n) is 21.1. The first-order valence-corrected chi connectivity index (χ1v) is 14.9. The lowest BCUT2D eigenvalue weighted by atomic mass is 10.2. The van der Waals surface area contributed by atoms with Crippen molar-refractivity contribution < 1.29 is 18.5 Å². The van der Waals surface area contributed by atoms with Crippen molar-refractivity contribution in [3.05, 3.63) is 36.2 Å². The Morgan fingerprint density at radius 1 is 1.24 bits per heavy atom. The molecule has 182 valence electrons. The maximum absolute atomic E-state index is 13.3. The molecular formula is C25H39N3O4Si. The van der Waals surface area contributed by atoms with Crippen LogP contribution in [0.2, 0.25) is 18.1 Å². The summed E-state index contributed by atoms with van der Waals surface area (Å²) in [7, 11) is -1.91. The van der Waals surface area contributed by atoms with Crippen LogP contribution in [-0.4, -0.2) is 55.1 Å². The monoisotopic (exact) mass is 473 g/mol. The summed E-state index contributed by atoms with van der Waals surface area (Å²) in [6, 6.07) is 9.00. The number of likely N-dealkylation sites (tertiary alicyclic amines) is 1. The Kier molecular flexibility index (Phi) is 8.13. The van der Waals surface area contributed by atoms with Crippen LogP contribution in [-0.2, 0) is 14.0 Å². The first kappa shape index (κ1) is 25.6. The first-order valence-electron chi connectivity index (χ1n) is 11.9. The van der Waals surface area contributed by atoms with Gasteiger partial charge in [0.15, 0.2) is 14.4 Å². The molecule has 0 N–H and O–H groups in total. The molecular weight excluding hydrogens is 434 g/mol. The van der Waals surface area contributed by atoms with Gasteiger partial charge in [0.2, 0.25) is 5.82 Å². The summed E-state index contributed by atoms with van der Waals surface area (Å²) in [5.74, 6) is 0.655. The standard InChI is InChI=1S/C25H39N3O4Si/c1-18(2)16-30-24(29)21(23-26-22(27-32-23)19-12-9-8-10-13-19)28-15-11-14-20(28)17-31-33(6,7)25(3,4)5/h8-10,12-13,18,20-21H,11,14-17H2,1-7H3/t20-,21+/m0/s1. The Bertz CT molecular complexity index is 908. The van der Waals surface area contributed by atoms with E-state index in [1.165, 1.54) is 0 Å². The van der Waals surface area contributed by atoms with Crippen LogP contribution in [0.4, 0.5) is 0 Å². The zero-order chi connectivity index (χ0) is 24.2. The molecule has 0 unspecified atom stereocenters. The van der Waals surface area contributed by atoms with E-state index in [1.807, 2.05) is 44.2 Å². The lowest BCUT2D eigenvalue weighted by Gasteiger charge is -2.38. The number of hydrogen-bond donors (Lipinski definition) is 0. The minimum absolute atomic E-state index is 0.0998. The number of rotatable bonds is 9. The fourth-order valence-electron chi connectivity index (χ4n) is 3.65. The maximum atomic E-state index is 13.3. The summed E-state index contributed by atoms with van der Waals surface area (Å²) >= 11 is 0. The van der Waals surface area contributed by atoms with Crippen molar-refractivity contribution in [2.24, 2.45) is 5.92 Å². The Morgan fingerprint density at radius 3 is 2.58 bits per heavy atom. The van der Waals surface area contributed by atoms with Gasteiger partial charge in [-0.15, -0.1) is 0 Å². The van der Waals surface area contributed by atoms with Gasteiger partial charge in [-0.1, -0.05) is 70.1 Å². The Balaban J connectivity index is 1.84. The molecule has 1 aliphatic heterocycles. The average molecular weight is 474 g/mol. The Labute approximate surface area is 199 Å². The van der Waals surface area contributed by atoms with Gasteiger partial charge in [0.1, 0.15) is 0 Å². The molecule has 0 bridgehead atoms. The summed E-state index contributed by atoms with van der Waals surface area (Å²) < 4.78 is 17.8. The predicted molar refractivity (Wildman–Crippen MR) is 131 cm³/mol. The van der Waals surface area contributed by atoms with Gasteiger partial charge in [0.05, 0.1) is 6.61 Å². The number of aromatic nitrogens is 2. The third-order valence-electron chi connectivity index (χ3n) is 6.69. The largest absolute Gasteiger partial charge is 0.464 e. The van der Waals surface area contributed by atoms with Crippen LogP contribution >= 0.6 is 0 Å². The fourth-order valence-corrected chi connectivity index (χ4v) is 4.70. The normalized spacial score (nSPS) is 18.6. The van der Waals surface area contributed by atoms with Crippen molar-refractivity contribution in [1.29, 1.82) is 0 Å². The van der Waals surface area contributed by atoms with E-state index in [9.17, 15) is 4.79 Å². The molecule has 0 radical (unpaired) electrons. The van der Waals surface area contributed by atoms with Gasteiger partial charge in [0.25, 0.3) is 5.89 Å². The summed E-state index contributed by atoms with van der Waals surface area (Å²) in [4.78, 5) is 20.0. The number of carbonyl (C=O) groups is 1. The van der Waals surface area contributed by atoms with Crippen LogP contribution in [0.15, 0.2) is 34.9 Å². The molecule has 0 spiro atoms. The highest BCUT2D eigenvalue weighted by molar-refractivity contribution is 6.74. The van der Waals surface area contributed by atoms with Crippen LogP contribution < -0.4 is 0 Å². The van der Waals surface area contributed by atoms with Gasteiger partial charge in [-0.2, -0.15) is 4.98 Å². The number of benzene rings is 1. The highest BCUT2D eigenvalue weighted by Crippen LogP contribution is 2.38. The van der Waals surface area contributed by atoms with E-state index in [0.717, 1.165) is 24.9 Å². The number of ether oxygens (including phenoxy) is 1. The van der Waals surface area contributed by atoms with Crippen LogP contribution in [0.3, 0.4) is 0 Å². The van der Waals surface area contributed by atoms with Gasteiger partial charge in [-0.05, 0) is 43.4 Å². The zero-order valence-corrected chi connectivity index (χ0v) is 22.1. The van der Waals surface area contributed by atoms with Gasteiger partial charge in [-0.25, -0.2) is 4.79 Å². The second-order valence-electron chi connectivity index (χ2n) is 10.9. The first-order chi connectivity index (χ1) is 15.5. The van der Waals surface area contributed by atoms with E-state index in [1.54, 1.807) is 0 Å². The molecule has 1 saturated heterocycles. The van der Waals surface area contributed by atoms with E-state index in [-0.39, 0.29) is 28.9 Å². The molecule has 0 aliphatic carbocycles. The fraction of sp³-hybridized carbons (Fsp3) is 0.640. The van der Waals surface area contributed by atoms with Gasteiger partial charge in [-0.3, -0.25) is 4.90 Å². The molecule has 0 saturated carbocycles. The van der Waals surface area contributed by atoms with E-state index < -0.39 is 14.4 Å². The van der Waals surface area contributed by atoms with Crippen molar-refractivity contribution in [3.63, 3.8) is 0 Å². The molecule has 33 heavy (non-hydrogen) atoms. The van der Waals surface area contributed by atoms with Crippen molar-refractivity contribution in [2.45, 2.75) is 77.7 Å². The van der Waals surface area contributed by atoms with Gasteiger partial charge < -0.3 is 13.7 Å². The third kappa shape index (κ3) is 6.31. The molecule has 8 heteroatoms. The minimum atomic E-state index is -1.91. The van der Waals surface area contributed by atoms with E-state index in [2.05, 4.69) is 48.9 Å². The minimum Gasteiger partial charge on any atom is -0.464 e. The quantitative estimate of drug-likeness (QED) is 0.353. The second kappa shape index (κ2) is 10.5. The lowest BCUT2D eigenvalue weighted by molar-refractivity contribution is -0.153. The lowest BCUT2D eigenvalue weighted by Crippen LogP contribution is -2.46. The number of nitrogens with zero attached hydrogens (tertiary/aromatic N) is 3. The molecule has 1 aromatic heterocycles. The maximum Gasteiger partial charge on any atom is 0.333 e. The van der Waals surface area contributed by atoms with Gasteiger partial charge >= 0.3 is 5.97 Å². The second-order valence-corrected chi connectivity index (χ2v) is 15.7. The van der Waals surface area contributed by atoms with E-state index in [4.69, 9.17) is 13.7 Å². The molecule has 1 aliphatic rings. The molecule has 2 heterocycles. The summed E-state index contributed by atoms with van der Waals surface area (Å²) in [5, 5.41) is 4.28. The molecule has 1 fully saturated rings. The molecule has 1 aromatic carbocycles. The smallest absolute Gasteiger partial charge is 0.333 e. The molecule has 2 atom stereocenters. The van der Waals surface area contributed by atoms with Crippen molar-refractivity contribution in [3.8, 4) is 11.4 Å². The van der Waals surface area contributed by atoms with Crippen LogP contribution in [0.25, 0.3) is 11.4 Å². The van der Waals surface area contributed by atoms with Crippen molar-refractivity contribution in [2.75, 3.05) is 19.8 Å². The number of hydrogen-bond acceptors (Lipinski definition) is 7. The predicted octanol–water partition coefficient (Wildman–Crippen LogP) is 5.46. The summed E-state index contributed by atoms with van der Waals surface area (Å²) in [5.41, 5.74) is 0.848. The Morgan fingerprint density at radius 2 is 1.94 bits per heavy atom. The SMILES string of the molecule is CC(C)COC(=O)[C@@H](c1nc(-c2ccccc2)no1)N1CCC[C@H]1CO[Si](C)(C)C(C)(C)C. The summed E-state index contributed by atoms with van der Waals surface area (Å²) in [6.45, 7) is 17.0. The summed E-state index contributed by atoms with van der Waals surface area (Å²) in [6.07, 6.45) is 1.95. The van der Waals surface area contributed by atoms with Gasteiger partial charge in [0, 0.05) is 18.2 Å². The number of esters is 1. The Hall–Kier alpha value is -2.03. The van der Waals surface area contributed by atoms with Crippen LogP contribution in [0.5, 0.6) is 0 Å². The average Bonchev–Trinajstić information content (AvgIpc) is 3.41. The van der Waals surface area contributed by atoms with Crippen LogP contribution in [0, 0.1) is 5.92 Å². The molecule has 3 rings (SSSR count). The van der Waals surface area contributed by atoms with Crippen LogP contribution in [0.1, 0.15) is 59.4 Å².